The highest BCUT2D eigenvalue weighted by atomic mass is 16.4. The summed E-state index contributed by atoms with van der Waals surface area (Å²) in [6, 6.07) is 15.3. The molecule has 0 fully saturated rings. The fourth-order valence-corrected chi connectivity index (χ4v) is 2.38. The molecule has 0 atom stereocenters. The summed E-state index contributed by atoms with van der Waals surface area (Å²) in [5.74, 6) is 0.0722. The van der Waals surface area contributed by atoms with Gasteiger partial charge in [-0.1, -0.05) is 12.1 Å². The van der Waals surface area contributed by atoms with Crippen LogP contribution < -0.4 is 5.32 Å². The monoisotopic (exact) mass is 320 g/mol. The first kappa shape index (κ1) is 14.1. The molecule has 2 N–H and O–H groups in total. The first-order valence-corrected chi connectivity index (χ1v) is 7.24. The van der Waals surface area contributed by atoms with E-state index in [0.29, 0.717) is 28.2 Å². The van der Waals surface area contributed by atoms with Crippen LogP contribution in [0.3, 0.4) is 0 Å². The number of phenols is 1. The van der Waals surface area contributed by atoms with Crippen LogP contribution in [0.1, 0.15) is 10.6 Å². The number of anilines is 1. The molecular formula is C18H12N2O4. The van der Waals surface area contributed by atoms with Gasteiger partial charge in [0.1, 0.15) is 11.3 Å². The molecule has 2 aromatic heterocycles. The maximum absolute atomic E-state index is 11.9. The molecule has 0 bridgehead atoms. The third-order valence-electron chi connectivity index (χ3n) is 3.52. The number of nitrogens with zero attached hydrogens (tertiary/aromatic N) is 1. The van der Waals surface area contributed by atoms with E-state index in [-0.39, 0.29) is 11.5 Å². The number of aromatic nitrogens is 1. The summed E-state index contributed by atoms with van der Waals surface area (Å²) in [7, 11) is 0. The molecule has 0 spiro atoms. The van der Waals surface area contributed by atoms with E-state index in [2.05, 4.69) is 10.3 Å². The Balaban J connectivity index is 1.63. The molecule has 0 saturated heterocycles. The lowest BCUT2D eigenvalue weighted by molar-refractivity contribution is 0.0996. The number of fused-ring (bicyclic) bond motifs is 1. The molecule has 118 valence electrons. The average Bonchev–Trinajstić information content (AvgIpc) is 3.24. The highest BCUT2D eigenvalue weighted by Crippen LogP contribution is 2.33. The molecule has 6 heteroatoms. The van der Waals surface area contributed by atoms with Crippen molar-refractivity contribution in [3.8, 4) is 17.2 Å². The molecule has 0 saturated carbocycles. The van der Waals surface area contributed by atoms with E-state index in [1.54, 1.807) is 30.3 Å². The molecular weight excluding hydrogens is 308 g/mol. The number of rotatable bonds is 3. The van der Waals surface area contributed by atoms with Gasteiger partial charge in [0.05, 0.1) is 11.8 Å². The van der Waals surface area contributed by atoms with Crippen molar-refractivity contribution in [1.29, 1.82) is 0 Å². The standard InChI is InChI=1S/C18H12N2O4/c21-14-10-11(19-17(22)16-6-3-9-23-16)7-8-12(14)18-20-13-4-1-2-5-15(13)24-18/h1-10,21H,(H,19,22). The van der Waals surface area contributed by atoms with Gasteiger partial charge in [-0.05, 0) is 36.4 Å². The van der Waals surface area contributed by atoms with Crippen LogP contribution in [0.4, 0.5) is 5.69 Å². The first-order chi connectivity index (χ1) is 11.7. The van der Waals surface area contributed by atoms with Crippen LogP contribution in [0.5, 0.6) is 5.75 Å². The minimum Gasteiger partial charge on any atom is -0.507 e. The molecule has 0 aliphatic carbocycles. The summed E-state index contributed by atoms with van der Waals surface area (Å²) in [4.78, 5) is 16.3. The highest BCUT2D eigenvalue weighted by molar-refractivity contribution is 6.02. The van der Waals surface area contributed by atoms with E-state index in [1.807, 2.05) is 18.2 Å². The second-order valence-corrected chi connectivity index (χ2v) is 5.15. The van der Waals surface area contributed by atoms with Gasteiger partial charge in [0, 0.05) is 11.8 Å². The van der Waals surface area contributed by atoms with Crippen molar-refractivity contribution < 1.29 is 18.7 Å². The molecule has 4 aromatic rings. The molecule has 6 nitrogen and oxygen atoms in total. The van der Waals surface area contributed by atoms with Gasteiger partial charge in [-0.15, -0.1) is 0 Å². The van der Waals surface area contributed by atoms with Gasteiger partial charge in [0.25, 0.3) is 5.91 Å². The Morgan fingerprint density at radius 1 is 1.08 bits per heavy atom. The number of furan rings is 1. The SMILES string of the molecule is O=C(Nc1ccc(-c2nc3ccccc3o2)c(O)c1)c1ccco1. The van der Waals surface area contributed by atoms with Crippen molar-refractivity contribution in [3.63, 3.8) is 0 Å². The maximum atomic E-state index is 11.9. The van der Waals surface area contributed by atoms with Gasteiger partial charge < -0.3 is 19.3 Å². The number of hydrogen-bond donors (Lipinski definition) is 2. The number of amides is 1. The van der Waals surface area contributed by atoms with E-state index < -0.39 is 5.91 Å². The van der Waals surface area contributed by atoms with Gasteiger partial charge >= 0.3 is 0 Å². The van der Waals surface area contributed by atoms with Crippen LogP contribution in [0.2, 0.25) is 0 Å². The molecule has 0 unspecified atom stereocenters. The van der Waals surface area contributed by atoms with Crippen molar-refractivity contribution in [3.05, 3.63) is 66.6 Å². The fourth-order valence-electron chi connectivity index (χ4n) is 2.38. The highest BCUT2D eigenvalue weighted by Gasteiger charge is 2.14. The lowest BCUT2D eigenvalue weighted by atomic mass is 10.1. The Hall–Kier alpha value is -3.54. The number of para-hydroxylation sites is 2. The van der Waals surface area contributed by atoms with Crippen LogP contribution in [-0.2, 0) is 0 Å². The zero-order valence-corrected chi connectivity index (χ0v) is 12.4. The van der Waals surface area contributed by atoms with Crippen molar-refractivity contribution in [2.45, 2.75) is 0 Å². The molecule has 0 radical (unpaired) electrons. The van der Waals surface area contributed by atoms with E-state index >= 15 is 0 Å². The zero-order valence-electron chi connectivity index (χ0n) is 12.4. The maximum Gasteiger partial charge on any atom is 0.291 e. The molecule has 2 heterocycles. The predicted molar refractivity (Wildman–Crippen MR) is 87.8 cm³/mol. The van der Waals surface area contributed by atoms with Crippen molar-refractivity contribution in [1.82, 2.24) is 4.98 Å². The second kappa shape index (κ2) is 5.58. The molecule has 2 aromatic carbocycles. The number of carbonyl (C=O) groups excluding carboxylic acids is 1. The fraction of sp³-hybridized carbons (Fsp3) is 0. The third-order valence-corrected chi connectivity index (χ3v) is 3.52. The van der Waals surface area contributed by atoms with Gasteiger partial charge in [-0.25, -0.2) is 4.98 Å². The predicted octanol–water partition coefficient (Wildman–Crippen LogP) is 4.05. The van der Waals surface area contributed by atoms with Crippen molar-refractivity contribution >= 4 is 22.7 Å². The smallest absolute Gasteiger partial charge is 0.291 e. The topological polar surface area (TPSA) is 88.5 Å². The van der Waals surface area contributed by atoms with E-state index in [4.69, 9.17) is 8.83 Å². The third kappa shape index (κ3) is 2.50. The van der Waals surface area contributed by atoms with Gasteiger partial charge in [-0.3, -0.25) is 4.79 Å². The summed E-state index contributed by atoms with van der Waals surface area (Å²) >= 11 is 0. The number of oxazole rings is 1. The Morgan fingerprint density at radius 2 is 1.96 bits per heavy atom. The van der Waals surface area contributed by atoms with Crippen LogP contribution in [0.25, 0.3) is 22.6 Å². The number of benzene rings is 2. The van der Waals surface area contributed by atoms with Crippen LogP contribution >= 0.6 is 0 Å². The number of nitrogens with one attached hydrogen (secondary N) is 1. The van der Waals surface area contributed by atoms with Crippen molar-refractivity contribution in [2.75, 3.05) is 5.32 Å². The Labute approximate surface area is 136 Å². The van der Waals surface area contributed by atoms with Crippen LogP contribution in [0.15, 0.2) is 69.7 Å². The first-order valence-electron chi connectivity index (χ1n) is 7.24. The summed E-state index contributed by atoms with van der Waals surface area (Å²) < 4.78 is 10.7. The van der Waals surface area contributed by atoms with Crippen LogP contribution in [-0.4, -0.2) is 16.0 Å². The normalized spacial score (nSPS) is 10.8. The number of aromatic hydroxyl groups is 1. The molecule has 4 rings (SSSR count). The number of carbonyl (C=O) groups is 1. The Bertz CT molecular complexity index is 986. The minimum atomic E-state index is -0.394. The van der Waals surface area contributed by atoms with Gasteiger partial charge in [0.15, 0.2) is 11.3 Å². The second-order valence-electron chi connectivity index (χ2n) is 5.15. The largest absolute Gasteiger partial charge is 0.507 e. The lowest BCUT2D eigenvalue weighted by Crippen LogP contribution is -2.10. The number of phenolic OH excluding ortho intramolecular Hbond substituents is 1. The Kier molecular flexibility index (Phi) is 3.28. The van der Waals surface area contributed by atoms with Crippen molar-refractivity contribution in [2.24, 2.45) is 0 Å². The van der Waals surface area contributed by atoms with Crippen LogP contribution in [0, 0.1) is 0 Å². The van der Waals surface area contributed by atoms with E-state index in [1.165, 1.54) is 12.3 Å². The lowest BCUT2D eigenvalue weighted by Gasteiger charge is -2.06. The molecule has 0 aliphatic heterocycles. The summed E-state index contributed by atoms with van der Waals surface area (Å²) in [5, 5.41) is 12.9. The molecule has 24 heavy (non-hydrogen) atoms. The molecule has 1 amide bonds. The summed E-state index contributed by atoms with van der Waals surface area (Å²) in [6.45, 7) is 0. The quantitative estimate of drug-likeness (QED) is 0.594. The summed E-state index contributed by atoms with van der Waals surface area (Å²) in [6.07, 6.45) is 1.42. The van der Waals surface area contributed by atoms with Gasteiger partial charge in [0.2, 0.25) is 5.89 Å². The minimum absolute atomic E-state index is 0.0428. The van der Waals surface area contributed by atoms with E-state index in [9.17, 15) is 9.90 Å². The zero-order chi connectivity index (χ0) is 16.5. The van der Waals surface area contributed by atoms with E-state index in [0.717, 1.165) is 0 Å². The summed E-state index contributed by atoms with van der Waals surface area (Å²) in [5.41, 5.74) is 2.24. The average molecular weight is 320 g/mol. The number of hydrogen-bond acceptors (Lipinski definition) is 5. The Morgan fingerprint density at radius 3 is 2.71 bits per heavy atom. The molecule has 0 aliphatic rings. The van der Waals surface area contributed by atoms with Gasteiger partial charge in [-0.2, -0.15) is 0 Å².